The van der Waals surface area contributed by atoms with Crippen molar-refractivity contribution in [2.75, 3.05) is 19.6 Å². The van der Waals surface area contributed by atoms with E-state index in [-0.39, 0.29) is 0 Å². The van der Waals surface area contributed by atoms with Gasteiger partial charge in [0.25, 0.3) is 0 Å². The van der Waals surface area contributed by atoms with Gasteiger partial charge in [0.05, 0.1) is 23.4 Å². The number of isothiocyanates is 1. The highest BCUT2D eigenvalue weighted by Crippen LogP contribution is 2.43. The Morgan fingerprint density at radius 3 is 1.78 bits per heavy atom. The number of aliphatic imine (C=N–C) groups is 1. The standard InChI is InChI=1S/C30H36N4O2S/c1-29(2,3)36-28(35)33-27(19-21-32-23-37)34(22-20-31)30(24-13-7-4-8-14-24,25-15-9-5-10-16-25)26-17-11-6-12-18-26/h4-18,27H,19-22,31H2,1-3H3,(H,33,35). The van der Waals surface area contributed by atoms with Crippen LogP contribution in [0.1, 0.15) is 43.9 Å². The molecule has 0 aromatic heterocycles. The van der Waals surface area contributed by atoms with Gasteiger partial charge in [-0.2, -0.15) is 0 Å². The molecule has 0 saturated carbocycles. The first-order valence-corrected chi connectivity index (χ1v) is 12.9. The molecule has 1 unspecified atom stereocenters. The molecular formula is C30H36N4O2S. The summed E-state index contributed by atoms with van der Waals surface area (Å²) in [5.74, 6) is 0. The van der Waals surface area contributed by atoms with Crippen LogP contribution in [-0.2, 0) is 10.3 Å². The van der Waals surface area contributed by atoms with Gasteiger partial charge in [-0.25, -0.2) is 9.79 Å². The fraction of sp³-hybridized carbons (Fsp3) is 0.333. The lowest BCUT2D eigenvalue weighted by Gasteiger charge is -2.49. The zero-order chi connectivity index (χ0) is 26.7. The first-order chi connectivity index (χ1) is 17.8. The van der Waals surface area contributed by atoms with Gasteiger partial charge in [-0.1, -0.05) is 91.0 Å². The van der Waals surface area contributed by atoms with Gasteiger partial charge in [0, 0.05) is 19.5 Å². The van der Waals surface area contributed by atoms with Crippen molar-refractivity contribution in [3.63, 3.8) is 0 Å². The first-order valence-electron chi connectivity index (χ1n) is 12.5. The average molecular weight is 517 g/mol. The number of nitrogens with one attached hydrogen (secondary N) is 1. The van der Waals surface area contributed by atoms with Crippen LogP contribution in [0.25, 0.3) is 0 Å². The van der Waals surface area contributed by atoms with Crippen molar-refractivity contribution in [3.05, 3.63) is 108 Å². The van der Waals surface area contributed by atoms with E-state index in [1.165, 1.54) is 0 Å². The van der Waals surface area contributed by atoms with E-state index in [4.69, 9.17) is 22.7 Å². The van der Waals surface area contributed by atoms with Crippen molar-refractivity contribution in [1.82, 2.24) is 10.2 Å². The highest BCUT2D eigenvalue weighted by atomic mass is 32.1. The first kappa shape index (κ1) is 28.2. The second-order valence-corrected chi connectivity index (χ2v) is 9.90. The molecule has 7 heteroatoms. The summed E-state index contributed by atoms with van der Waals surface area (Å²) in [7, 11) is 0. The third kappa shape index (κ3) is 7.12. The van der Waals surface area contributed by atoms with Gasteiger partial charge in [-0.05, 0) is 49.7 Å². The molecule has 37 heavy (non-hydrogen) atoms. The molecule has 1 atom stereocenters. The fourth-order valence-corrected chi connectivity index (χ4v) is 4.81. The summed E-state index contributed by atoms with van der Waals surface area (Å²) < 4.78 is 5.66. The molecule has 0 radical (unpaired) electrons. The van der Waals surface area contributed by atoms with Crippen LogP contribution >= 0.6 is 12.2 Å². The van der Waals surface area contributed by atoms with Crippen LogP contribution in [-0.4, -0.2) is 47.6 Å². The van der Waals surface area contributed by atoms with Gasteiger partial charge in [0.1, 0.15) is 5.60 Å². The van der Waals surface area contributed by atoms with Crippen molar-refractivity contribution >= 4 is 23.5 Å². The maximum Gasteiger partial charge on any atom is 0.408 e. The summed E-state index contributed by atoms with van der Waals surface area (Å²) in [6.45, 7) is 6.78. The Hall–Kier alpha value is -3.35. The normalized spacial score (nSPS) is 12.5. The zero-order valence-electron chi connectivity index (χ0n) is 21.8. The second-order valence-electron chi connectivity index (χ2n) is 9.71. The van der Waals surface area contributed by atoms with Crippen LogP contribution < -0.4 is 11.1 Å². The van der Waals surface area contributed by atoms with Crippen LogP contribution in [0.3, 0.4) is 0 Å². The fourth-order valence-electron chi connectivity index (χ4n) is 4.71. The molecule has 0 aliphatic rings. The van der Waals surface area contributed by atoms with Crippen LogP contribution in [0.2, 0.25) is 0 Å². The Bertz CT molecular complexity index is 1060. The van der Waals surface area contributed by atoms with E-state index in [0.29, 0.717) is 26.1 Å². The quantitative estimate of drug-likeness (QED) is 0.150. The SMILES string of the molecule is CC(C)(C)OC(=O)NC(CCN=C=S)N(CCN)C(c1ccccc1)(c1ccccc1)c1ccccc1. The highest BCUT2D eigenvalue weighted by Gasteiger charge is 2.45. The Morgan fingerprint density at radius 2 is 1.41 bits per heavy atom. The number of benzene rings is 3. The van der Waals surface area contributed by atoms with Crippen molar-refractivity contribution in [2.24, 2.45) is 10.7 Å². The number of alkyl carbamates (subject to hydrolysis) is 1. The van der Waals surface area contributed by atoms with Crippen LogP contribution in [0.15, 0.2) is 96.0 Å². The molecule has 3 N–H and O–H groups in total. The Kier molecular flexibility index (Phi) is 10.1. The lowest BCUT2D eigenvalue weighted by Crippen LogP contribution is -2.60. The van der Waals surface area contributed by atoms with Crippen LogP contribution in [0.4, 0.5) is 4.79 Å². The van der Waals surface area contributed by atoms with Gasteiger partial charge in [-0.15, -0.1) is 0 Å². The summed E-state index contributed by atoms with van der Waals surface area (Å²) in [6.07, 6.45) is -0.503. The van der Waals surface area contributed by atoms with Gasteiger partial charge >= 0.3 is 6.09 Å². The predicted octanol–water partition coefficient (Wildman–Crippen LogP) is 5.58. The summed E-state index contributed by atoms with van der Waals surface area (Å²) in [5, 5.41) is 5.56. The lowest BCUT2D eigenvalue weighted by molar-refractivity contribution is 0.0287. The largest absolute Gasteiger partial charge is 0.444 e. The molecule has 0 fully saturated rings. The van der Waals surface area contributed by atoms with E-state index in [9.17, 15) is 4.79 Å². The van der Waals surface area contributed by atoms with E-state index in [2.05, 4.69) is 56.8 Å². The number of nitrogens with two attached hydrogens (primary N) is 1. The summed E-state index contributed by atoms with van der Waals surface area (Å²) in [6, 6.07) is 30.9. The van der Waals surface area contributed by atoms with Crippen molar-refractivity contribution in [1.29, 1.82) is 0 Å². The average Bonchev–Trinajstić information content (AvgIpc) is 2.89. The molecule has 0 bridgehead atoms. The minimum absolute atomic E-state index is 0.372. The number of carbonyl (C=O) groups excluding carboxylic acids is 1. The predicted molar refractivity (Wildman–Crippen MR) is 153 cm³/mol. The maximum atomic E-state index is 13.1. The van der Waals surface area contributed by atoms with E-state index in [0.717, 1.165) is 16.7 Å². The van der Waals surface area contributed by atoms with Crippen molar-refractivity contribution in [3.8, 4) is 0 Å². The third-order valence-corrected chi connectivity index (χ3v) is 6.14. The number of hydrogen-bond acceptors (Lipinski definition) is 6. The third-order valence-electron chi connectivity index (χ3n) is 6.01. The minimum atomic E-state index is -0.774. The lowest BCUT2D eigenvalue weighted by atomic mass is 9.75. The van der Waals surface area contributed by atoms with Gasteiger partial charge in [0.15, 0.2) is 0 Å². The molecule has 0 heterocycles. The van der Waals surface area contributed by atoms with Crippen LogP contribution in [0.5, 0.6) is 0 Å². The number of amides is 1. The van der Waals surface area contributed by atoms with Gasteiger partial charge in [-0.3, -0.25) is 4.90 Å². The number of thiocarbonyl (C=S) groups is 1. The van der Waals surface area contributed by atoms with E-state index >= 15 is 0 Å². The Labute approximate surface area is 225 Å². The Balaban J connectivity index is 2.29. The molecule has 3 rings (SSSR count). The summed E-state index contributed by atoms with van der Waals surface area (Å²) in [5.41, 5.74) is 7.98. The van der Waals surface area contributed by atoms with Crippen molar-refractivity contribution in [2.45, 2.75) is 44.5 Å². The molecule has 6 nitrogen and oxygen atoms in total. The van der Waals surface area contributed by atoms with E-state index in [1.807, 2.05) is 75.4 Å². The number of carbonyl (C=O) groups is 1. The van der Waals surface area contributed by atoms with Crippen molar-refractivity contribution < 1.29 is 9.53 Å². The molecule has 194 valence electrons. The highest BCUT2D eigenvalue weighted by molar-refractivity contribution is 7.78. The molecular weight excluding hydrogens is 480 g/mol. The molecule has 1 amide bonds. The molecule has 0 aliphatic heterocycles. The second kappa shape index (κ2) is 13.3. The maximum absolute atomic E-state index is 13.1. The summed E-state index contributed by atoms with van der Waals surface area (Å²) in [4.78, 5) is 19.5. The molecule has 3 aromatic carbocycles. The number of nitrogens with zero attached hydrogens (tertiary/aromatic N) is 2. The number of ether oxygens (including phenoxy) is 1. The Morgan fingerprint density at radius 1 is 0.946 bits per heavy atom. The van der Waals surface area contributed by atoms with E-state index in [1.54, 1.807) is 0 Å². The van der Waals surface area contributed by atoms with E-state index < -0.39 is 23.4 Å². The number of rotatable bonds is 11. The summed E-state index contributed by atoms with van der Waals surface area (Å²) >= 11 is 4.82. The van der Waals surface area contributed by atoms with Gasteiger partial charge in [0.2, 0.25) is 0 Å². The molecule has 0 aliphatic carbocycles. The molecule has 0 spiro atoms. The topological polar surface area (TPSA) is 80.0 Å². The van der Waals surface area contributed by atoms with Gasteiger partial charge < -0.3 is 15.8 Å². The smallest absolute Gasteiger partial charge is 0.408 e. The zero-order valence-corrected chi connectivity index (χ0v) is 22.6. The minimum Gasteiger partial charge on any atom is -0.444 e. The monoisotopic (exact) mass is 516 g/mol. The number of hydrogen-bond donors (Lipinski definition) is 2. The molecule has 3 aromatic rings. The van der Waals surface area contributed by atoms with Crippen LogP contribution in [0, 0.1) is 0 Å². The molecule has 0 saturated heterocycles.